The van der Waals surface area contributed by atoms with Crippen LogP contribution in [0.2, 0.25) is 10.0 Å². The molecule has 9 heteroatoms. The molecular weight excluding hydrogens is 415 g/mol. The van der Waals surface area contributed by atoms with E-state index in [9.17, 15) is 14.4 Å². The molecular formula is C20H26Cl2N4O3. The first-order valence-electron chi connectivity index (χ1n) is 9.83. The van der Waals surface area contributed by atoms with Crippen LogP contribution in [0, 0.1) is 0 Å². The number of amides is 4. The number of carbonyl (C=O) groups excluding carboxylic acids is 3. The molecule has 4 amide bonds. The summed E-state index contributed by atoms with van der Waals surface area (Å²) in [5, 5.41) is 6.43. The quantitative estimate of drug-likeness (QED) is 0.663. The van der Waals surface area contributed by atoms with Crippen molar-refractivity contribution in [2.24, 2.45) is 0 Å². The molecule has 0 saturated carbocycles. The van der Waals surface area contributed by atoms with E-state index < -0.39 is 5.54 Å². The molecule has 29 heavy (non-hydrogen) atoms. The summed E-state index contributed by atoms with van der Waals surface area (Å²) in [5.41, 5.74) is -0.249. The van der Waals surface area contributed by atoms with E-state index >= 15 is 0 Å². The van der Waals surface area contributed by atoms with Gasteiger partial charge in [0.1, 0.15) is 5.54 Å². The Morgan fingerprint density at radius 3 is 2.62 bits per heavy atom. The fraction of sp³-hybridized carbons (Fsp3) is 0.550. The second kappa shape index (κ2) is 8.90. The number of hydrogen-bond donors (Lipinski definition) is 2. The fourth-order valence-corrected chi connectivity index (χ4v) is 4.11. The molecule has 2 aliphatic heterocycles. The van der Waals surface area contributed by atoms with E-state index in [1.54, 1.807) is 32.0 Å². The number of halogens is 2. The van der Waals surface area contributed by atoms with Crippen LogP contribution < -0.4 is 10.6 Å². The molecule has 3 rings (SSSR count). The van der Waals surface area contributed by atoms with Crippen LogP contribution in [0.15, 0.2) is 18.2 Å². The molecule has 1 aromatic carbocycles. The summed E-state index contributed by atoms with van der Waals surface area (Å²) in [4.78, 5) is 40.5. The van der Waals surface area contributed by atoms with Crippen LogP contribution in [0.3, 0.4) is 0 Å². The first kappa shape index (κ1) is 21.9. The molecule has 2 fully saturated rings. The number of rotatable bonds is 6. The van der Waals surface area contributed by atoms with Crippen LogP contribution in [0.1, 0.15) is 39.5 Å². The lowest BCUT2D eigenvalue weighted by Gasteiger charge is -2.35. The molecule has 0 aliphatic carbocycles. The molecule has 1 aromatic rings. The molecule has 2 N–H and O–H groups in total. The lowest BCUT2D eigenvalue weighted by molar-refractivity contribution is -0.130. The molecule has 0 radical (unpaired) electrons. The molecule has 1 unspecified atom stereocenters. The van der Waals surface area contributed by atoms with E-state index in [0.717, 1.165) is 25.8 Å². The van der Waals surface area contributed by atoms with E-state index in [0.29, 0.717) is 35.2 Å². The van der Waals surface area contributed by atoms with Gasteiger partial charge < -0.3 is 10.6 Å². The highest BCUT2D eigenvalue weighted by molar-refractivity contribution is 6.42. The van der Waals surface area contributed by atoms with Crippen LogP contribution >= 0.6 is 23.2 Å². The smallest absolute Gasteiger partial charge is 0.325 e. The third-order valence-electron chi connectivity index (χ3n) is 5.37. The normalized spacial score (nSPS) is 21.9. The molecule has 0 bridgehead atoms. The van der Waals surface area contributed by atoms with Crippen molar-refractivity contribution in [3.05, 3.63) is 28.2 Å². The summed E-state index contributed by atoms with van der Waals surface area (Å²) in [6, 6.07) is 4.40. The average molecular weight is 441 g/mol. The van der Waals surface area contributed by atoms with Crippen LogP contribution in [0.4, 0.5) is 10.5 Å². The van der Waals surface area contributed by atoms with Gasteiger partial charge in [0.15, 0.2) is 0 Å². The SMILES string of the molecule is CC1(C)NC(=O)N(CCCN2CCCCC2C(=O)Nc2ccc(Cl)c(Cl)c2)C1=O. The van der Waals surface area contributed by atoms with Crippen LogP contribution in [0.25, 0.3) is 0 Å². The summed E-state index contributed by atoms with van der Waals surface area (Å²) in [6.45, 7) is 5.18. The zero-order valence-electron chi connectivity index (χ0n) is 16.6. The standard InChI is InChI=1S/C20H26Cl2N4O3/c1-20(2)18(28)26(19(29)24-20)11-5-10-25-9-4-3-6-16(25)17(27)23-13-7-8-14(21)15(22)12-13/h7-8,12,16H,3-6,9-11H2,1-2H3,(H,23,27)(H,24,29). The first-order chi connectivity index (χ1) is 13.7. The Balaban J connectivity index is 1.56. The number of urea groups is 1. The molecule has 0 aromatic heterocycles. The summed E-state index contributed by atoms with van der Waals surface area (Å²) in [6.07, 6.45) is 3.39. The van der Waals surface area contributed by atoms with E-state index in [2.05, 4.69) is 15.5 Å². The highest BCUT2D eigenvalue weighted by Crippen LogP contribution is 2.26. The maximum absolute atomic E-state index is 12.8. The van der Waals surface area contributed by atoms with E-state index in [1.807, 2.05) is 0 Å². The van der Waals surface area contributed by atoms with Gasteiger partial charge in [-0.05, 0) is 57.9 Å². The van der Waals surface area contributed by atoms with Gasteiger partial charge in [0, 0.05) is 18.8 Å². The number of anilines is 1. The zero-order valence-corrected chi connectivity index (χ0v) is 18.1. The number of hydrogen-bond acceptors (Lipinski definition) is 4. The zero-order chi connectivity index (χ0) is 21.2. The van der Waals surface area contributed by atoms with Gasteiger partial charge in [-0.25, -0.2) is 4.79 Å². The largest absolute Gasteiger partial charge is 0.325 e. The molecule has 7 nitrogen and oxygen atoms in total. The van der Waals surface area contributed by atoms with Crippen LogP contribution in [0.5, 0.6) is 0 Å². The van der Waals surface area contributed by atoms with Crippen molar-refractivity contribution < 1.29 is 14.4 Å². The Bertz CT molecular complexity index is 815. The average Bonchev–Trinajstić information content (AvgIpc) is 2.86. The van der Waals surface area contributed by atoms with Gasteiger partial charge >= 0.3 is 6.03 Å². The lowest BCUT2D eigenvalue weighted by atomic mass is 10.0. The maximum atomic E-state index is 12.8. The second-order valence-electron chi connectivity index (χ2n) is 8.03. The third kappa shape index (κ3) is 5.02. The molecule has 2 heterocycles. The minimum atomic E-state index is -0.857. The number of likely N-dealkylation sites (tertiary alicyclic amines) is 1. The maximum Gasteiger partial charge on any atom is 0.325 e. The molecule has 2 aliphatic rings. The highest BCUT2D eigenvalue weighted by atomic mass is 35.5. The predicted molar refractivity (Wildman–Crippen MR) is 113 cm³/mol. The van der Waals surface area contributed by atoms with Crippen molar-refractivity contribution in [3.63, 3.8) is 0 Å². The molecule has 2 saturated heterocycles. The van der Waals surface area contributed by atoms with Crippen LogP contribution in [-0.4, -0.2) is 58.9 Å². The second-order valence-corrected chi connectivity index (χ2v) is 8.85. The van der Waals surface area contributed by atoms with E-state index in [1.165, 1.54) is 4.90 Å². The summed E-state index contributed by atoms with van der Waals surface area (Å²) in [5.74, 6) is -0.297. The number of piperidine rings is 1. The van der Waals surface area contributed by atoms with Crippen LogP contribution in [-0.2, 0) is 9.59 Å². The van der Waals surface area contributed by atoms with Crippen molar-refractivity contribution in [2.45, 2.75) is 51.1 Å². The predicted octanol–water partition coefficient (Wildman–Crippen LogP) is 3.51. The first-order valence-corrected chi connectivity index (χ1v) is 10.6. The summed E-state index contributed by atoms with van der Waals surface area (Å²) < 4.78 is 0. The van der Waals surface area contributed by atoms with E-state index in [4.69, 9.17) is 23.2 Å². The summed E-state index contributed by atoms with van der Waals surface area (Å²) in [7, 11) is 0. The number of benzene rings is 1. The molecule has 0 spiro atoms. The van der Waals surface area contributed by atoms with Gasteiger partial charge in [0.05, 0.1) is 16.1 Å². The minimum Gasteiger partial charge on any atom is -0.325 e. The third-order valence-corrected chi connectivity index (χ3v) is 6.11. The van der Waals surface area contributed by atoms with Gasteiger partial charge in [-0.2, -0.15) is 0 Å². The van der Waals surface area contributed by atoms with E-state index in [-0.39, 0.29) is 23.9 Å². The molecule has 158 valence electrons. The van der Waals surface area contributed by atoms with Crippen molar-refractivity contribution >= 4 is 46.7 Å². The minimum absolute atomic E-state index is 0.0841. The van der Waals surface area contributed by atoms with Gasteiger partial charge in [0.25, 0.3) is 5.91 Å². The van der Waals surface area contributed by atoms with Gasteiger partial charge in [-0.1, -0.05) is 29.6 Å². The Morgan fingerprint density at radius 1 is 1.21 bits per heavy atom. The van der Waals surface area contributed by atoms with Crippen molar-refractivity contribution in [2.75, 3.05) is 25.0 Å². The fourth-order valence-electron chi connectivity index (χ4n) is 3.81. The Morgan fingerprint density at radius 2 is 1.97 bits per heavy atom. The Labute approximate surface area is 180 Å². The van der Waals surface area contributed by atoms with Gasteiger partial charge in [-0.3, -0.25) is 19.4 Å². The number of nitrogens with one attached hydrogen (secondary N) is 2. The van der Waals surface area contributed by atoms with Crippen molar-refractivity contribution in [1.82, 2.24) is 15.1 Å². The van der Waals surface area contributed by atoms with Gasteiger partial charge in [-0.15, -0.1) is 0 Å². The number of nitrogens with zero attached hydrogens (tertiary/aromatic N) is 2. The monoisotopic (exact) mass is 440 g/mol. The van der Waals surface area contributed by atoms with Gasteiger partial charge in [0.2, 0.25) is 5.91 Å². The Hall–Kier alpha value is -1.83. The van der Waals surface area contributed by atoms with Crippen molar-refractivity contribution in [3.8, 4) is 0 Å². The van der Waals surface area contributed by atoms with Crippen molar-refractivity contribution in [1.29, 1.82) is 0 Å². The number of carbonyl (C=O) groups is 3. The topological polar surface area (TPSA) is 81.8 Å². The highest BCUT2D eigenvalue weighted by Gasteiger charge is 2.43. The summed E-state index contributed by atoms with van der Waals surface area (Å²) >= 11 is 12.0. The molecule has 1 atom stereocenters. The Kier molecular flexibility index (Phi) is 6.71. The number of imide groups is 1. The lowest BCUT2D eigenvalue weighted by Crippen LogP contribution is -2.48.